The van der Waals surface area contributed by atoms with Crippen LogP contribution >= 0.6 is 0 Å². The van der Waals surface area contributed by atoms with Crippen molar-refractivity contribution in [2.24, 2.45) is 0 Å². The molecule has 0 bridgehead atoms. The smallest absolute Gasteiger partial charge is 0.248 e. The molecule has 0 aliphatic carbocycles. The molecule has 0 aliphatic heterocycles. The number of anilines is 1. The number of pyridine rings is 1. The van der Waals surface area contributed by atoms with Crippen molar-refractivity contribution < 1.29 is 9.59 Å². The number of amides is 1. The quantitative estimate of drug-likeness (QED) is 0.647. The number of hydrogen-bond acceptors (Lipinski definition) is 3. The number of rotatable bonds is 5. The van der Waals surface area contributed by atoms with Crippen LogP contribution in [0.5, 0.6) is 0 Å². The number of carbonyl (C=O) groups is 2. The highest BCUT2D eigenvalue weighted by Crippen LogP contribution is 2.29. The molecule has 0 atom stereocenters. The van der Waals surface area contributed by atoms with Crippen molar-refractivity contribution in [1.29, 1.82) is 0 Å². The van der Waals surface area contributed by atoms with E-state index in [2.05, 4.69) is 31.1 Å². The fraction of sp³-hybridized carbons (Fsp3) is 0.261. The van der Waals surface area contributed by atoms with E-state index in [4.69, 9.17) is 0 Å². The summed E-state index contributed by atoms with van der Waals surface area (Å²) in [5.74, 6) is -0.300. The van der Waals surface area contributed by atoms with Crippen molar-refractivity contribution in [1.82, 2.24) is 4.98 Å². The van der Waals surface area contributed by atoms with E-state index in [0.29, 0.717) is 16.8 Å². The Kier molecular flexibility index (Phi) is 5.45. The Labute approximate surface area is 163 Å². The molecule has 28 heavy (non-hydrogen) atoms. The maximum Gasteiger partial charge on any atom is 0.248 e. The van der Waals surface area contributed by atoms with Gasteiger partial charge < -0.3 is 10.3 Å². The van der Waals surface area contributed by atoms with Crippen LogP contribution in [-0.4, -0.2) is 16.7 Å². The molecule has 0 spiro atoms. The standard InChI is InChI=1S/C23H24N2O3/c1-23(2,3)18-14-22(28)25-19-13-16(9-10-17(18)19)24-21(27)12-11-20(26)15-7-5-4-6-8-15/h4-10,13-14H,11-12H2,1-3H3,(H,24,27)(H,25,28). The van der Waals surface area contributed by atoms with E-state index >= 15 is 0 Å². The van der Waals surface area contributed by atoms with Crippen LogP contribution in [0.3, 0.4) is 0 Å². The number of ketones is 1. The Morgan fingerprint density at radius 2 is 1.68 bits per heavy atom. The molecule has 0 unspecified atom stereocenters. The molecule has 3 aromatic rings. The minimum absolute atomic E-state index is 0.0617. The lowest BCUT2D eigenvalue weighted by Crippen LogP contribution is -2.17. The zero-order valence-corrected chi connectivity index (χ0v) is 16.3. The summed E-state index contributed by atoms with van der Waals surface area (Å²) < 4.78 is 0. The second kappa shape index (κ2) is 7.80. The van der Waals surface area contributed by atoms with Crippen LogP contribution in [-0.2, 0) is 10.2 Å². The maximum absolute atomic E-state index is 12.2. The van der Waals surface area contributed by atoms with Gasteiger partial charge in [-0.15, -0.1) is 0 Å². The monoisotopic (exact) mass is 376 g/mol. The highest BCUT2D eigenvalue weighted by Gasteiger charge is 2.18. The Bertz CT molecular complexity index is 1080. The van der Waals surface area contributed by atoms with Crippen molar-refractivity contribution in [3.05, 3.63) is 76.1 Å². The van der Waals surface area contributed by atoms with Crippen molar-refractivity contribution in [3.8, 4) is 0 Å². The number of aromatic amines is 1. The van der Waals surface area contributed by atoms with Gasteiger partial charge in [0.1, 0.15) is 0 Å². The molecule has 2 aromatic carbocycles. The van der Waals surface area contributed by atoms with Crippen LogP contribution in [0.15, 0.2) is 59.4 Å². The zero-order chi connectivity index (χ0) is 20.3. The molecule has 0 fully saturated rings. The summed E-state index contributed by atoms with van der Waals surface area (Å²) >= 11 is 0. The van der Waals surface area contributed by atoms with Gasteiger partial charge in [-0.3, -0.25) is 14.4 Å². The first kappa shape index (κ1) is 19.5. The van der Waals surface area contributed by atoms with E-state index in [1.165, 1.54) is 0 Å². The maximum atomic E-state index is 12.2. The summed E-state index contributed by atoms with van der Waals surface area (Å²) in [6.45, 7) is 6.17. The minimum Gasteiger partial charge on any atom is -0.326 e. The second-order valence-corrected chi connectivity index (χ2v) is 7.90. The van der Waals surface area contributed by atoms with Gasteiger partial charge in [0.2, 0.25) is 11.5 Å². The van der Waals surface area contributed by atoms with E-state index in [1.807, 2.05) is 18.2 Å². The van der Waals surface area contributed by atoms with Crippen molar-refractivity contribution in [3.63, 3.8) is 0 Å². The third kappa shape index (κ3) is 4.55. The predicted octanol–water partition coefficient (Wildman–Crippen LogP) is 4.43. The number of hydrogen-bond donors (Lipinski definition) is 2. The van der Waals surface area contributed by atoms with Gasteiger partial charge in [-0.05, 0) is 23.1 Å². The fourth-order valence-corrected chi connectivity index (χ4v) is 3.18. The fourth-order valence-electron chi connectivity index (χ4n) is 3.18. The number of fused-ring (bicyclic) bond motifs is 1. The molecular formula is C23H24N2O3. The average molecular weight is 376 g/mol. The summed E-state index contributed by atoms with van der Waals surface area (Å²) in [4.78, 5) is 39.2. The van der Waals surface area contributed by atoms with Crippen molar-refractivity contribution in [2.45, 2.75) is 39.0 Å². The minimum atomic E-state index is -0.238. The lowest BCUT2D eigenvalue weighted by molar-refractivity contribution is -0.116. The van der Waals surface area contributed by atoms with Crippen LogP contribution in [0.2, 0.25) is 0 Å². The lowest BCUT2D eigenvalue weighted by atomic mass is 9.85. The number of Topliss-reactive ketones (excluding diaryl/α,β-unsaturated/α-hetero) is 1. The normalized spacial score (nSPS) is 11.4. The van der Waals surface area contributed by atoms with Crippen LogP contribution < -0.4 is 10.9 Å². The number of nitrogens with one attached hydrogen (secondary N) is 2. The van der Waals surface area contributed by atoms with Crippen LogP contribution in [0.25, 0.3) is 10.9 Å². The average Bonchev–Trinajstić information content (AvgIpc) is 2.65. The van der Waals surface area contributed by atoms with E-state index in [-0.39, 0.29) is 35.5 Å². The molecule has 144 valence electrons. The van der Waals surface area contributed by atoms with E-state index in [9.17, 15) is 14.4 Å². The van der Waals surface area contributed by atoms with Crippen LogP contribution in [0, 0.1) is 0 Å². The molecule has 1 aromatic heterocycles. The van der Waals surface area contributed by atoms with Gasteiger partial charge in [-0.2, -0.15) is 0 Å². The SMILES string of the molecule is CC(C)(C)c1cc(=O)[nH]c2cc(NC(=O)CCC(=O)c3ccccc3)ccc12. The summed E-state index contributed by atoms with van der Waals surface area (Å²) in [6.07, 6.45) is 0.249. The first-order chi connectivity index (χ1) is 13.2. The second-order valence-electron chi connectivity index (χ2n) is 7.90. The largest absolute Gasteiger partial charge is 0.326 e. The lowest BCUT2D eigenvalue weighted by Gasteiger charge is -2.21. The molecule has 0 radical (unpaired) electrons. The number of aromatic nitrogens is 1. The van der Waals surface area contributed by atoms with Gasteiger partial charge in [0.15, 0.2) is 5.78 Å². The van der Waals surface area contributed by atoms with Gasteiger partial charge >= 0.3 is 0 Å². The highest BCUT2D eigenvalue weighted by atomic mass is 16.2. The van der Waals surface area contributed by atoms with Gasteiger partial charge in [0.25, 0.3) is 0 Å². The molecular weight excluding hydrogens is 352 g/mol. The molecule has 3 rings (SSSR count). The molecule has 2 N–H and O–H groups in total. The van der Waals surface area contributed by atoms with Gasteiger partial charge in [-0.1, -0.05) is 57.2 Å². The topological polar surface area (TPSA) is 79.0 Å². The van der Waals surface area contributed by atoms with Gasteiger partial charge in [0, 0.05) is 35.5 Å². The van der Waals surface area contributed by atoms with E-state index in [0.717, 1.165) is 10.9 Å². The van der Waals surface area contributed by atoms with Crippen molar-refractivity contribution >= 4 is 28.3 Å². The van der Waals surface area contributed by atoms with Crippen molar-refractivity contribution in [2.75, 3.05) is 5.32 Å². The summed E-state index contributed by atoms with van der Waals surface area (Å²) in [5.41, 5.74) is 2.48. The molecule has 5 heteroatoms. The molecule has 5 nitrogen and oxygen atoms in total. The van der Waals surface area contributed by atoms with E-state index in [1.54, 1.807) is 36.4 Å². The first-order valence-electron chi connectivity index (χ1n) is 9.30. The molecule has 0 saturated carbocycles. The van der Waals surface area contributed by atoms with Crippen LogP contribution in [0.4, 0.5) is 5.69 Å². The van der Waals surface area contributed by atoms with Gasteiger partial charge in [-0.25, -0.2) is 0 Å². The summed E-state index contributed by atoms with van der Waals surface area (Å²) in [5, 5.41) is 3.75. The molecule has 1 amide bonds. The van der Waals surface area contributed by atoms with E-state index < -0.39 is 0 Å². The first-order valence-corrected chi connectivity index (χ1v) is 9.30. The zero-order valence-electron chi connectivity index (χ0n) is 16.3. The third-order valence-electron chi connectivity index (χ3n) is 4.61. The van der Waals surface area contributed by atoms with Crippen LogP contribution in [0.1, 0.15) is 49.5 Å². The Hall–Kier alpha value is -3.21. The Balaban J connectivity index is 1.73. The number of H-pyrrole nitrogens is 1. The van der Waals surface area contributed by atoms with Gasteiger partial charge in [0.05, 0.1) is 5.52 Å². The number of carbonyl (C=O) groups excluding carboxylic acids is 2. The Morgan fingerprint density at radius 1 is 0.964 bits per heavy atom. The molecule has 0 aliphatic rings. The molecule has 1 heterocycles. The highest BCUT2D eigenvalue weighted by molar-refractivity contribution is 6.00. The third-order valence-corrected chi connectivity index (χ3v) is 4.61. The number of benzene rings is 2. The predicted molar refractivity (Wildman–Crippen MR) is 112 cm³/mol. The molecule has 0 saturated heterocycles. The Morgan fingerprint density at radius 3 is 2.36 bits per heavy atom. The summed E-state index contributed by atoms with van der Waals surface area (Å²) in [6, 6.07) is 16.0. The summed E-state index contributed by atoms with van der Waals surface area (Å²) in [7, 11) is 0.